The first-order chi connectivity index (χ1) is 4.17. The highest BCUT2D eigenvalue weighted by Crippen LogP contribution is 2.22. The van der Waals surface area contributed by atoms with Gasteiger partial charge in [0.2, 0.25) is 0 Å². The Morgan fingerprint density at radius 3 is 2.44 bits per heavy atom. The molecule has 0 unspecified atom stereocenters. The fourth-order valence-corrected chi connectivity index (χ4v) is 2.65. The van der Waals surface area contributed by atoms with Crippen LogP contribution in [0.2, 0.25) is 0 Å². The molecule has 0 aromatic heterocycles. The molecule has 0 atom stereocenters. The summed E-state index contributed by atoms with van der Waals surface area (Å²) < 4.78 is 21.8. The average molecular weight is 146 g/mol. The van der Waals surface area contributed by atoms with Crippen LogP contribution in [0.25, 0.3) is 0 Å². The zero-order chi connectivity index (χ0) is 6.91. The van der Waals surface area contributed by atoms with E-state index >= 15 is 0 Å². The maximum atomic E-state index is 10.9. The monoisotopic (exact) mass is 146 g/mol. The van der Waals surface area contributed by atoms with E-state index in [4.69, 9.17) is 0 Å². The van der Waals surface area contributed by atoms with E-state index < -0.39 is 9.84 Å². The molecule has 0 radical (unpaired) electrons. The molecule has 1 aliphatic heterocycles. The zero-order valence-corrected chi connectivity index (χ0v) is 6.24. The molecular weight excluding hydrogens is 136 g/mol. The standard InChI is InChI=1S/C6H10O2S/c1-2-6-4-3-5-9(6,7)8/h2H,3-5H2,1H3/b6-2+. The Morgan fingerprint density at radius 1 is 1.56 bits per heavy atom. The number of sulfone groups is 1. The molecule has 9 heavy (non-hydrogen) atoms. The molecule has 0 saturated carbocycles. The van der Waals surface area contributed by atoms with Crippen molar-refractivity contribution in [2.75, 3.05) is 5.75 Å². The molecule has 0 aromatic rings. The van der Waals surface area contributed by atoms with Gasteiger partial charge in [0.05, 0.1) is 5.75 Å². The molecule has 1 aliphatic rings. The molecular formula is C6H10O2S. The van der Waals surface area contributed by atoms with Gasteiger partial charge in [-0.1, -0.05) is 6.08 Å². The van der Waals surface area contributed by atoms with Crippen LogP contribution < -0.4 is 0 Å². The summed E-state index contributed by atoms with van der Waals surface area (Å²) in [4.78, 5) is 0.627. The molecule has 3 heteroatoms. The van der Waals surface area contributed by atoms with Crippen LogP contribution >= 0.6 is 0 Å². The Morgan fingerprint density at radius 2 is 2.22 bits per heavy atom. The van der Waals surface area contributed by atoms with Crippen molar-refractivity contribution in [3.63, 3.8) is 0 Å². The highest BCUT2D eigenvalue weighted by molar-refractivity contribution is 7.95. The lowest BCUT2D eigenvalue weighted by Gasteiger charge is -1.90. The second-order valence-electron chi connectivity index (χ2n) is 2.18. The maximum absolute atomic E-state index is 10.9. The van der Waals surface area contributed by atoms with E-state index in [1.54, 1.807) is 13.0 Å². The van der Waals surface area contributed by atoms with Gasteiger partial charge in [-0.15, -0.1) is 0 Å². The highest BCUT2D eigenvalue weighted by Gasteiger charge is 2.22. The van der Waals surface area contributed by atoms with Crippen molar-refractivity contribution in [3.8, 4) is 0 Å². The van der Waals surface area contributed by atoms with Crippen molar-refractivity contribution in [3.05, 3.63) is 11.0 Å². The van der Waals surface area contributed by atoms with E-state index in [1.807, 2.05) is 0 Å². The van der Waals surface area contributed by atoms with E-state index in [0.29, 0.717) is 10.7 Å². The second-order valence-corrected chi connectivity index (χ2v) is 4.34. The van der Waals surface area contributed by atoms with Crippen LogP contribution in [-0.4, -0.2) is 14.2 Å². The third kappa shape index (κ3) is 1.15. The predicted octanol–water partition coefficient (Wildman–Crippen LogP) is 1.10. The first-order valence-electron chi connectivity index (χ1n) is 3.05. The summed E-state index contributed by atoms with van der Waals surface area (Å²) in [7, 11) is -2.78. The third-order valence-electron chi connectivity index (χ3n) is 1.56. The van der Waals surface area contributed by atoms with Gasteiger partial charge < -0.3 is 0 Å². The molecule has 52 valence electrons. The van der Waals surface area contributed by atoms with Crippen LogP contribution in [-0.2, 0) is 9.84 Å². The quantitative estimate of drug-likeness (QED) is 0.513. The van der Waals surface area contributed by atoms with Gasteiger partial charge in [0.1, 0.15) is 0 Å². The van der Waals surface area contributed by atoms with Gasteiger partial charge in [0.25, 0.3) is 0 Å². The minimum absolute atomic E-state index is 0.354. The summed E-state index contributed by atoms with van der Waals surface area (Å²) in [6.07, 6.45) is 3.25. The van der Waals surface area contributed by atoms with Crippen LogP contribution in [0.4, 0.5) is 0 Å². The second kappa shape index (κ2) is 2.14. The number of rotatable bonds is 0. The van der Waals surface area contributed by atoms with Gasteiger partial charge in [0, 0.05) is 4.91 Å². The minimum atomic E-state index is -2.78. The Kier molecular flexibility index (Phi) is 1.62. The molecule has 0 aromatic carbocycles. The number of hydrogen-bond acceptors (Lipinski definition) is 2. The molecule has 1 heterocycles. The van der Waals surface area contributed by atoms with Crippen molar-refractivity contribution < 1.29 is 8.42 Å². The van der Waals surface area contributed by atoms with E-state index in [2.05, 4.69) is 0 Å². The van der Waals surface area contributed by atoms with Crippen molar-refractivity contribution in [1.82, 2.24) is 0 Å². The topological polar surface area (TPSA) is 34.1 Å². The van der Waals surface area contributed by atoms with Crippen molar-refractivity contribution >= 4 is 9.84 Å². The highest BCUT2D eigenvalue weighted by atomic mass is 32.2. The van der Waals surface area contributed by atoms with Gasteiger partial charge in [-0.3, -0.25) is 0 Å². The molecule has 0 aliphatic carbocycles. The van der Waals surface area contributed by atoms with Crippen LogP contribution in [0.3, 0.4) is 0 Å². The van der Waals surface area contributed by atoms with Crippen LogP contribution in [0.15, 0.2) is 11.0 Å². The lowest BCUT2D eigenvalue weighted by molar-refractivity contribution is 0.605. The van der Waals surface area contributed by atoms with Gasteiger partial charge in [-0.25, -0.2) is 8.42 Å². The zero-order valence-electron chi connectivity index (χ0n) is 5.42. The van der Waals surface area contributed by atoms with Gasteiger partial charge in [-0.2, -0.15) is 0 Å². The lowest BCUT2D eigenvalue weighted by atomic mass is 10.3. The van der Waals surface area contributed by atoms with E-state index in [1.165, 1.54) is 0 Å². The molecule has 2 nitrogen and oxygen atoms in total. The predicted molar refractivity (Wildman–Crippen MR) is 36.8 cm³/mol. The van der Waals surface area contributed by atoms with Crippen LogP contribution in [0, 0.1) is 0 Å². The van der Waals surface area contributed by atoms with E-state index in [9.17, 15) is 8.42 Å². The fourth-order valence-electron chi connectivity index (χ4n) is 1.05. The van der Waals surface area contributed by atoms with Crippen molar-refractivity contribution in [2.24, 2.45) is 0 Å². The molecule has 1 fully saturated rings. The normalized spacial score (nSPS) is 29.2. The Labute approximate surface area is 55.5 Å². The summed E-state index contributed by atoms with van der Waals surface area (Å²) in [5.74, 6) is 0.354. The largest absolute Gasteiger partial charge is 0.224 e. The third-order valence-corrected chi connectivity index (χ3v) is 3.62. The maximum Gasteiger partial charge on any atom is 0.174 e. The molecule has 0 N–H and O–H groups in total. The summed E-state index contributed by atoms with van der Waals surface area (Å²) in [6.45, 7) is 1.78. The van der Waals surface area contributed by atoms with Crippen molar-refractivity contribution in [1.29, 1.82) is 0 Å². The molecule has 0 spiro atoms. The first-order valence-corrected chi connectivity index (χ1v) is 4.70. The summed E-state index contributed by atoms with van der Waals surface area (Å²) in [5.41, 5.74) is 0. The van der Waals surface area contributed by atoms with Crippen molar-refractivity contribution in [2.45, 2.75) is 19.8 Å². The fraction of sp³-hybridized carbons (Fsp3) is 0.667. The van der Waals surface area contributed by atoms with Gasteiger partial charge >= 0.3 is 0 Å². The average Bonchev–Trinajstić information content (AvgIpc) is 2.08. The summed E-state index contributed by atoms with van der Waals surface area (Å²) in [5, 5.41) is 0. The van der Waals surface area contributed by atoms with E-state index in [-0.39, 0.29) is 0 Å². The Hall–Kier alpha value is -0.310. The van der Waals surface area contributed by atoms with Crippen LogP contribution in [0.5, 0.6) is 0 Å². The smallest absolute Gasteiger partial charge is 0.174 e. The summed E-state index contributed by atoms with van der Waals surface area (Å²) >= 11 is 0. The number of allylic oxidation sites excluding steroid dienone is 2. The van der Waals surface area contributed by atoms with E-state index in [0.717, 1.165) is 12.8 Å². The number of hydrogen-bond donors (Lipinski definition) is 0. The van der Waals surface area contributed by atoms with Crippen LogP contribution in [0.1, 0.15) is 19.8 Å². The Bertz CT molecular complexity index is 223. The molecule has 0 amide bonds. The Balaban J connectivity index is 3.03. The minimum Gasteiger partial charge on any atom is -0.224 e. The van der Waals surface area contributed by atoms with Gasteiger partial charge in [-0.05, 0) is 19.8 Å². The molecule has 1 saturated heterocycles. The molecule has 0 bridgehead atoms. The SMILES string of the molecule is C/C=C1\CCCS1(=O)=O. The molecule has 1 rings (SSSR count). The lowest BCUT2D eigenvalue weighted by Crippen LogP contribution is -1.97. The first kappa shape index (κ1) is 6.81. The summed E-state index contributed by atoms with van der Waals surface area (Å²) in [6, 6.07) is 0. The van der Waals surface area contributed by atoms with Gasteiger partial charge in [0.15, 0.2) is 9.84 Å².